The molecule has 0 fully saturated rings. The lowest BCUT2D eigenvalue weighted by Crippen LogP contribution is -2.48. The number of rotatable bonds is 6. The van der Waals surface area contributed by atoms with Crippen molar-refractivity contribution in [1.29, 1.82) is 0 Å². The molecule has 1 aliphatic rings. The van der Waals surface area contributed by atoms with Crippen LogP contribution in [0.2, 0.25) is 0 Å². The van der Waals surface area contributed by atoms with E-state index in [2.05, 4.69) is 28.7 Å². The van der Waals surface area contributed by atoms with Crippen molar-refractivity contribution in [2.24, 2.45) is 0 Å². The van der Waals surface area contributed by atoms with Gasteiger partial charge in [0.25, 0.3) is 5.91 Å². The van der Waals surface area contributed by atoms with E-state index in [1.165, 1.54) is 5.56 Å². The summed E-state index contributed by atoms with van der Waals surface area (Å²) in [6.45, 7) is 3.14. The molecule has 1 atom stereocenters. The number of fused-ring (bicyclic) bond motifs is 1. The molecular weight excluding hydrogens is 338 g/mol. The number of nitrogens with one attached hydrogen (secondary N) is 2. The lowest BCUT2D eigenvalue weighted by atomic mass is 9.94. The minimum atomic E-state index is -0.257. The van der Waals surface area contributed by atoms with Gasteiger partial charge in [-0.1, -0.05) is 61.9 Å². The lowest BCUT2D eigenvalue weighted by Gasteiger charge is -2.30. The third kappa shape index (κ3) is 4.88. The lowest BCUT2D eigenvalue weighted by molar-refractivity contribution is -0.129. The zero-order valence-corrected chi connectivity index (χ0v) is 15.8. The number of para-hydroxylation sites is 1. The monoisotopic (exact) mass is 365 g/mol. The van der Waals surface area contributed by atoms with Crippen LogP contribution in [0, 0.1) is 0 Å². The second kappa shape index (κ2) is 9.21. The van der Waals surface area contributed by atoms with Gasteiger partial charge in [0.2, 0.25) is 5.91 Å². The van der Waals surface area contributed by atoms with Gasteiger partial charge in [0, 0.05) is 12.2 Å². The van der Waals surface area contributed by atoms with E-state index >= 15 is 0 Å². The van der Waals surface area contributed by atoms with Crippen LogP contribution in [0.25, 0.3) is 0 Å². The van der Waals surface area contributed by atoms with Crippen molar-refractivity contribution in [3.05, 3.63) is 65.7 Å². The number of amides is 2. The van der Waals surface area contributed by atoms with E-state index in [1.807, 2.05) is 48.5 Å². The van der Waals surface area contributed by atoms with Gasteiger partial charge in [-0.05, 0) is 36.5 Å². The Bertz CT molecular complexity index is 776. The predicted octanol–water partition coefficient (Wildman–Crippen LogP) is 3.17. The molecule has 5 heteroatoms. The van der Waals surface area contributed by atoms with Crippen LogP contribution in [0.4, 0.5) is 5.69 Å². The smallest absolute Gasteiger partial charge is 0.257 e. The number of hydrogen-bond acceptors (Lipinski definition) is 3. The number of anilines is 1. The van der Waals surface area contributed by atoms with E-state index in [4.69, 9.17) is 0 Å². The Hall–Kier alpha value is -2.82. The van der Waals surface area contributed by atoms with Crippen LogP contribution in [0.15, 0.2) is 54.6 Å². The number of benzene rings is 2. The predicted molar refractivity (Wildman–Crippen MR) is 107 cm³/mol. The average Bonchev–Trinajstić information content (AvgIpc) is 2.71. The van der Waals surface area contributed by atoms with Gasteiger partial charge < -0.3 is 4.90 Å². The van der Waals surface area contributed by atoms with E-state index in [1.54, 1.807) is 0 Å². The fraction of sp³-hybridized carbons (Fsp3) is 0.364. The maximum Gasteiger partial charge on any atom is 0.257 e. The van der Waals surface area contributed by atoms with Gasteiger partial charge in [-0.3, -0.25) is 20.4 Å². The van der Waals surface area contributed by atoms with Crippen molar-refractivity contribution >= 4 is 17.5 Å². The van der Waals surface area contributed by atoms with E-state index < -0.39 is 0 Å². The molecule has 2 aromatic rings. The molecule has 0 saturated heterocycles. The first kappa shape index (κ1) is 19.0. The van der Waals surface area contributed by atoms with Crippen LogP contribution in [-0.4, -0.2) is 24.9 Å². The number of hydrazine groups is 1. The summed E-state index contributed by atoms with van der Waals surface area (Å²) in [5.74, 6) is -0.633. The molecular formula is C22H27N3O2. The van der Waals surface area contributed by atoms with Crippen LogP contribution in [0.1, 0.15) is 43.2 Å². The molecule has 0 spiro atoms. The Labute approximate surface area is 160 Å². The molecule has 2 aromatic carbocycles. The van der Waals surface area contributed by atoms with E-state index in [0.29, 0.717) is 0 Å². The Morgan fingerprint density at radius 1 is 1.04 bits per heavy atom. The second-order valence-corrected chi connectivity index (χ2v) is 6.94. The van der Waals surface area contributed by atoms with Gasteiger partial charge >= 0.3 is 0 Å². The van der Waals surface area contributed by atoms with E-state index in [9.17, 15) is 9.59 Å². The largest absolute Gasteiger partial charge is 0.362 e. The molecule has 0 radical (unpaired) electrons. The summed E-state index contributed by atoms with van der Waals surface area (Å²) in [7, 11) is 0. The van der Waals surface area contributed by atoms with Crippen molar-refractivity contribution in [2.45, 2.75) is 38.5 Å². The molecule has 1 aliphatic heterocycles. The summed E-state index contributed by atoms with van der Waals surface area (Å²) < 4.78 is 0. The van der Waals surface area contributed by atoms with E-state index in [-0.39, 0.29) is 24.3 Å². The molecule has 3 rings (SSSR count). The summed E-state index contributed by atoms with van der Waals surface area (Å²) in [6, 6.07) is 17.9. The molecule has 2 amide bonds. The molecule has 0 aromatic heterocycles. The van der Waals surface area contributed by atoms with Crippen LogP contribution < -0.4 is 15.8 Å². The Kier molecular flexibility index (Phi) is 6.47. The molecule has 2 N–H and O–H groups in total. The molecule has 1 heterocycles. The first-order valence-corrected chi connectivity index (χ1v) is 9.65. The highest BCUT2D eigenvalue weighted by Crippen LogP contribution is 2.26. The van der Waals surface area contributed by atoms with Gasteiger partial charge in [0.05, 0.1) is 12.5 Å². The summed E-state index contributed by atoms with van der Waals surface area (Å²) >= 11 is 0. The highest BCUT2D eigenvalue weighted by molar-refractivity contribution is 5.88. The molecule has 27 heavy (non-hydrogen) atoms. The summed E-state index contributed by atoms with van der Waals surface area (Å²) in [6.07, 6.45) is 3.71. The maximum atomic E-state index is 12.6. The van der Waals surface area contributed by atoms with Gasteiger partial charge in [-0.25, -0.2) is 0 Å². The van der Waals surface area contributed by atoms with Crippen LogP contribution in [0.3, 0.4) is 0 Å². The fourth-order valence-electron chi connectivity index (χ4n) is 3.63. The van der Waals surface area contributed by atoms with Gasteiger partial charge in [-0.15, -0.1) is 0 Å². The number of nitrogens with zero attached hydrogens (tertiary/aromatic N) is 1. The number of carbonyl (C=O) groups excluding carboxylic acids is 2. The number of hydrogen-bond donors (Lipinski definition) is 2. The first-order chi connectivity index (χ1) is 13.2. The van der Waals surface area contributed by atoms with Crippen molar-refractivity contribution in [1.82, 2.24) is 10.9 Å². The second-order valence-electron chi connectivity index (χ2n) is 6.94. The molecule has 142 valence electrons. The molecule has 5 nitrogen and oxygen atoms in total. The zero-order chi connectivity index (χ0) is 19.1. The van der Waals surface area contributed by atoms with Gasteiger partial charge in [0.15, 0.2) is 0 Å². The average molecular weight is 365 g/mol. The fourth-order valence-corrected chi connectivity index (χ4v) is 3.63. The van der Waals surface area contributed by atoms with Gasteiger partial charge in [0.1, 0.15) is 0 Å². The van der Waals surface area contributed by atoms with Crippen molar-refractivity contribution in [3.63, 3.8) is 0 Å². The minimum absolute atomic E-state index is 0.171. The van der Waals surface area contributed by atoms with Crippen LogP contribution in [0.5, 0.6) is 0 Å². The van der Waals surface area contributed by atoms with Crippen molar-refractivity contribution < 1.29 is 9.59 Å². The van der Waals surface area contributed by atoms with Crippen LogP contribution >= 0.6 is 0 Å². The highest BCUT2D eigenvalue weighted by atomic mass is 16.2. The van der Waals surface area contributed by atoms with Crippen LogP contribution in [-0.2, 0) is 16.0 Å². The normalized spacial score (nSPS) is 14.2. The SMILES string of the molecule is CCC[C@H](C(=O)NNC(=O)CN1CCCc2ccccc21)c1ccccc1. The standard InChI is InChI=1S/C22H27N3O2/c1-2-9-19(17-10-4-3-5-11-17)22(27)24-23-21(26)16-25-15-8-13-18-12-6-7-14-20(18)25/h3-7,10-12,14,19H,2,8-9,13,15-16H2,1H3,(H,23,26)(H,24,27)/t19-/m0/s1. The minimum Gasteiger partial charge on any atom is -0.362 e. The summed E-state index contributed by atoms with van der Waals surface area (Å²) in [5, 5.41) is 0. The summed E-state index contributed by atoms with van der Waals surface area (Å²) in [4.78, 5) is 27.0. The Morgan fingerprint density at radius 2 is 1.78 bits per heavy atom. The quantitative estimate of drug-likeness (QED) is 0.773. The number of aryl methyl sites for hydroxylation is 1. The maximum absolute atomic E-state index is 12.6. The third-order valence-electron chi connectivity index (χ3n) is 4.96. The Balaban J connectivity index is 1.56. The Morgan fingerprint density at radius 3 is 2.56 bits per heavy atom. The zero-order valence-electron chi connectivity index (χ0n) is 15.8. The molecule has 0 saturated carbocycles. The van der Waals surface area contributed by atoms with E-state index in [0.717, 1.165) is 43.5 Å². The molecule has 0 aliphatic carbocycles. The molecule has 0 bridgehead atoms. The first-order valence-electron chi connectivity index (χ1n) is 9.65. The summed E-state index contributed by atoms with van der Waals surface area (Å²) in [5.41, 5.74) is 8.55. The number of carbonyl (C=O) groups is 2. The highest BCUT2D eigenvalue weighted by Gasteiger charge is 2.22. The molecule has 0 unspecified atom stereocenters. The van der Waals surface area contributed by atoms with Crippen molar-refractivity contribution in [2.75, 3.05) is 18.0 Å². The van der Waals surface area contributed by atoms with Gasteiger partial charge in [-0.2, -0.15) is 0 Å². The van der Waals surface area contributed by atoms with Crippen molar-refractivity contribution in [3.8, 4) is 0 Å². The third-order valence-corrected chi connectivity index (χ3v) is 4.96. The topological polar surface area (TPSA) is 61.4 Å².